The van der Waals surface area contributed by atoms with Gasteiger partial charge in [-0.3, -0.25) is 9.59 Å². The van der Waals surface area contributed by atoms with Crippen LogP contribution in [-0.4, -0.2) is 62.2 Å². The number of nitrogens with one attached hydrogen (secondary N) is 1. The van der Waals surface area contributed by atoms with Crippen molar-refractivity contribution in [2.45, 2.75) is 62.3 Å². The van der Waals surface area contributed by atoms with Crippen LogP contribution in [0.4, 0.5) is 5.69 Å². The molecule has 3 fully saturated rings. The highest BCUT2D eigenvalue weighted by Gasteiger charge is 2.39. The highest BCUT2D eigenvalue weighted by Crippen LogP contribution is 2.33. The number of carbonyl (C=O) groups is 2. The number of ether oxygens (including phenoxy) is 1. The molecule has 1 aromatic carbocycles. The Kier molecular flexibility index (Phi) is 6.52. The second kappa shape index (κ2) is 9.16. The van der Waals surface area contributed by atoms with Crippen molar-refractivity contribution in [2.75, 3.05) is 32.1 Å². The Morgan fingerprint density at radius 3 is 2.48 bits per heavy atom. The van der Waals surface area contributed by atoms with Crippen LogP contribution >= 0.6 is 0 Å². The van der Waals surface area contributed by atoms with Crippen molar-refractivity contribution in [3.8, 4) is 5.75 Å². The van der Waals surface area contributed by atoms with Gasteiger partial charge in [0.15, 0.2) is 0 Å². The Labute approximate surface area is 184 Å². The number of rotatable bonds is 6. The zero-order chi connectivity index (χ0) is 22.0. The lowest BCUT2D eigenvalue weighted by molar-refractivity contribution is -0.129. The molecule has 0 spiro atoms. The fourth-order valence-electron chi connectivity index (χ4n) is 4.92. The van der Waals surface area contributed by atoms with E-state index in [4.69, 9.17) is 4.74 Å². The summed E-state index contributed by atoms with van der Waals surface area (Å²) in [4.78, 5) is 27.2. The number of benzene rings is 1. The fourth-order valence-corrected chi connectivity index (χ4v) is 6.62. The van der Waals surface area contributed by atoms with Crippen molar-refractivity contribution >= 4 is 27.5 Å². The van der Waals surface area contributed by atoms with Gasteiger partial charge in [-0.15, -0.1) is 0 Å². The minimum Gasteiger partial charge on any atom is -0.495 e. The first-order valence-corrected chi connectivity index (χ1v) is 12.6. The quantitative estimate of drug-likeness (QED) is 0.720. The van der Waals surface area contributed by atoms with E-state index in [9.17, 15) is 18.0 Å². The van der Waals surface area contributed by atoms with E-state index < -0.39 is 15.9 Å². The van der Waals surface area contributed by atoms with Crippen LogP contribution in [0, 0.1) is 5.92 Å². The van der Waals surface area contributed by atoms with E-state index >= 15 is 0 Å². The standard InChI is InChI=1S/C22H31N3O5S/c1-30-19-10-9-17(14-20(19)31(28,29)24-11-5-2-6-12-24)23-22(27)16-13-21(26)25(15-16)18-7-3-4-8-18/h9-10,14,16,18H,2-8,11-13,15H2,1H3,(H,23,27)/t16-/m0/s1. The lowest BCUT2D eigenvalue weighted by atomic mass is 10.1. The Balaban J connectivity index is 1.49. The number of piperidine rings is 1. The number of hydrogen-bond donors (Lipinski definition) is 1. The number of carbonyl (C=O) groups excluding carboxylic acids is 2. The number of sulfonamides is 1. The molecule has 1 N–H and O–H groups in total. The third-order valence-electron chi connectivity index (χ3n) is 6.66. The molecule has 2 aliphatic heterocycles. The summed E-state index contributed by atoms with van der Waals surface area (Å²) in [7, 11) is -2.28. The lowest BCUT2D eigenvalue weighted by Gasteiger charge is -2.26. The first-order valence-electron chi connectivity index (χ1n) is 11.2. The number of methoxy groups -OCH3 is 1. The number of nitrogens with zero attached hydrogens (tertiary/aromatic N) is 2. The van der Waals surface area contributed by atoms with E-state index in [2.05, 4.69) is 5.32 Å². The van der Waals surface area contributed by atoms with Crippen molar-refractivity contribution in [3.63, 3.8) is 0 Å². The van der Waals surface area contributed by atoms with Gasteiger partial charge >= 0.3 is 0 Å². The van der Waals surface area contributed by atoms with Crippen LogP contribution < -0.4 is 10.1 Å². The summed E-state index contributed by atoms with van der Waals surface area (Å²) in [5.74, 6) is -0.375. The minimum absolute atomic E-state index is 0.0372. The second-order valence-corrected chi connectivity index (χ2v) is 10.6. The predicted octanol–water partition coefficient (Wildman–Crippen LogP) is 2.60. The van der Waals surface area contributed by atoms with Gasteiger partial charge in [0.05, 0.1) is 13.0 Å². The minimum atomic E-state index is -3.72. The average molecular weight is 450 g/mol. The molecular formula is C22H31N3O5S. The van der Waals surface area contributed by atoms with Crippen molar-refractivity contribution in [3.05, 3.63) is 18.2 Å². The number of amides is 2. The van der Waals surface area contributed by atoms with Crippen LogP contribution in [0.2, 0.25) is 0 Å². The Morgan fingerprint density at radius 1 is 1.10 bits per heavy atom. The van der Waals surface area contributed by atoms with Gasteiger partial charge in [-0.25, -0.2) is 8.42 Å². The highest BCUT2D eigenvalue weighted by atomic mass is 32.2. The predicted molar refractivity (Wildman–Crippen MR) is 116 cm³/mol. The van der Waals surface area contributed by atoms with Gasteiger partial charge in [0.25, 0.3) is 0 Å². The van der Waals surface area contributed by atoms with Crippen molar-refractivity contribution in [1.82, 2.24) is 9.21 Å². The first kappa shape index (κ1) is 22.1. The third kappa shape index (κ3) is 4.57. The van der Waals surface area contributed by atoms with Gasteiger partial charge in [-0.2, -0.15) is 4.31 Å². The molecule has 8 nitrogen and oxygen atoms in total. The summed E-state index contributed by atoms with van der Waals surface area (Å²) in [6, 6.07) is 4.92. The highest BCUT2D eigenvalue weighted by molar-refractivity contribution is 7.89. The zero-order valence-corrected chi connectivity index (χ0v) is 18.8. The average Bonchev–Trinajstić information content (AvgIpc) is 3.44. The number of likely N-dealkylation sites (tertiary alicyclic amines) is 1. The zero-order valence-electron chi connectivity index (χ0n) is 18.0. The topological polar surface area (TPSA) is 96.0 Å². The van der Waals surface area contributed by atoms with Crippen LogP contribution in [-0.2, 0) is 19.6 Å². The van der Waals surface area contributed by atoms with Gasteiger partial charge in [-0.1, -0.05) is 19.3 Å². The van der Waals surface area contributed by atoms with E-state index in [1.54, 1.807) is 12.1 Å². The Bertz CT molecular complexity index is 936. The van der Waals surface area contributed by atoms with Gasteiger partial charge in [0, 0.05) is 37.8 Å². The summed E-state index contributed by atoms with van der Waals surface area (Å²) in [6.45, 7) is 1.41. The third-order valence-corrected chi connectivity index (χ3v) is 8.58. The molecule has 0 bridgehead atoms. The maximum atomic E-state index is 13.2. The van der Waals surface area contributed by atoms with E-state index in [0.717, 1.165) is 44.9 Å². The number of hydrogen-bond acceptors (Lipinski definition) is 5. The van der Waals surface area contributed by atoms with Gasteiger partial charge in [0.2, 0.25) is 21.8 Å². The van der Waals surface area contributed by atoms with Gasteiger partial charge in [-0.05, 0) is 43.9 Å². The van der Waals surface area contributed by atoms with Crippen LogP contribution in [0.25, 0.3) is 0 Å². The van der Waals surface area contributed by atoms with Crippen molar-refractivity contribution in [2.24, 2.45) is 5.92 Å². The normalized spacial score (nSPS) is 23.3. The molecule has 9 heteroatoms. The molecule has 3 aliphatic rings. The van der Waals surface area contributed by atoms with Crippen molar-refractivity contribution < 1.29 is 22.7 Å². The van der Waals surface area contributed by atoms with E-state index in [1.807, 2.05) is 4.90 Å². The van der Waals surface area contributed by atoms with Gasteiger partial charge in [0.1, 0.15) is 10.6 Å². The van der Waals surface area contributed by atoms with Crippen LogP contribution in [0.15, 0.2) is 23.1 Å². The lowest BCUT2D eigenvalue weighted by Crippen LogP contribution is -2.36. The molecule has 0 unspecified atom stereocenters. The molecule has 1 atom stereocenters. The van der Waals surface area contributed by atoms with Gasteiger partial charge < -0.3 is 15.0 Å². The van der Waals surface area contributed by atoms with E-state index in [0.29, 0.717) is 25.3 Å². The summed E-state index contributed by atoms with van der Waals surface area (Å²) in [6.07, 6.45) is 7.19. The summed E-state index contributed by atoms with van der Waals surface area (Å²) < 4.78 is 33.1. The molecule has 2 amide bonds. The molecule has 2 saturated heterocycles. The maximum Gasteiger partial charge on any atom is 0.246 e. The molecule has 4 rings (SSSR count). The molecule has 0 radical (unpaired) electrons. The molecule has 2 heterocycles. The van der Waals surface area contributed by atoms with Crippen LogP contribution in [0.3, 0.4) is 0 Å². The Hall–Kier alpha value is -2.13. The largest absolute Gasteiger partial charge is 0.495 e. The summed E-state index contributed by atoms with van der Waals surface area (Å²) in [5.41, 5.74) is 0.396. The summed E-state index contributed by atoms with van der Waals surface area (Å²) in [5, 5.41) is 2.83. The molecule has 170 valence electrons. The molecule has 0 aromatic heterocycles. The molecule has 1 aliphatic carbocycles. The SMILES string of the molecule is COc1ccc(NC(=O)[C@H]2CC(=O)N(C3CCCC3)C2)cc1S(=O)(=O)N1CCCCC1. The fraction of sp³-hybridized carbons (Fsp3) is 0.636. The van der Waals surface area contributed by atoms with Crippen LogP contribution in [0.5, 0.6) is 5.75 Å². The first-order chi connectivity index (χ1) is 14.9. The Morgan fingerprint density at radius 2 is 1.81 bits per heavy atom. The monoisotopic (exact) mass is 449 g/mol. The van der Waals surface area contributed by atoms with Crippen LogP contribution in [0.1, 0.15) is 51.4 Å². The number of anilines is 1. The van der Waals surface area contributed by atoms with Crippen molar-refractivity contribution in [1.29, 1.82) is 0 Å². The molecule has 1 aromatic rings. The maximum absolute atomic E-state index is 13.2. The molecular weight excluding hydrogens is 418 g/mol. The molecule has 1 saturated carbocycles. The molecule has 31 heavy (non-hydrogen) atoms. The summed E-state index contributed by atoms with van der Waals surface area (Å²) >= 11 is 0. The van der Waals surface area contributed by atoms with E-state index in [-0.39, 0.29) is 34.9 Å². The van der Waals surface area contributed by atoms with E-state index in [1.165, 1.54) is 17.5 Å². The second-order valence-electron chi connectivity index (χ2n) is 8.71. The smallest absolute Gasteiger partial charge is 0.246 e.